The van der Waals surface area contributed by atoms with Gasteiger partial charge in [0, 0.05) is 11.6 Å². The number of nitrogens with zero attached hydrogens (tertiary/aromatic N) is 1. The van der Waals surface area contributed by atoms with E-state index in [1.54, 1.807) is 19.1 Å². The summed E-state index contributed by atoms with van der Waals surface area (Å²) in [7, 11) is 0. The van der Waals surface area contributed by atoms with Crippen LogP contribution in [0.15, 0.2) is 35.9 Å². The van der Waals surface area contributed by atoms with E-state index in [0.717, 1.165) is 17.9 Å². The summed E-state index contributed by atoms with van der Waals surface area (Å²) in [6.07, 6.45) is 5.54. The van der Waals surface area contributed by atoms with Crippen LogP contribution in [0.1, 0.15) is 52.5 Å². The van der Waals surface area contributed by atoms with Gasteiger partial charge in [0.05, 0.1) is 12.3 Å². The van der Waals surface area contributed by atoms with Crippen LogP contribution in [0.25, 0.3) is 0 Å². The van der Waals surface area contributed by atoms with Crippen molar-refractivity contribution in [2.45, 2.75) is 59.0 Å². The summed E-state index contributed by atoms with van der Waals surface area (Å²) in [5, 5.41) is 0. The smallest absolute Gasteiger partial charge is 0.261 e. The van der Waals surface area contributed by atoms with Crippen molar-refractivity contribution in [1.29, 1.82) is 0 Å². The molecule has 3 atom stereocenters. The van der Waals surface area contributed by atoms with Gasteiger partial charge in [0.1, 0.15) is 5.60 Å². The maximum Gasteiger partial charge on any atom is 0.261 e. The maximum atomic E-state index is 12.1. The number of imide groups is 1. The zero-order valence-electron chi connectivity index (χ0n) is 18.3. The number of ether oxygens (including phenoxy) is 1. The lowest BCUT2D eigenvalue weighted by Crippen LogP contribution is -2.61. The van der Waals surface area contributed by atoms with Crippen molar-refractivity contribution in [3.8, 4) is 0 Å². The van der Waals surface area contributed by atoms with E-state index in [4.69, 9.17) is 14.5 Å². The van der Waals surface area contributed by atoms with Crippen LogP contribution in [-0.2, 0) is 30.5 Å². The SMILES string of the molecule is CC1=CC(=O)N(c2ccc(CCOCOOC3(C)CCC4CC3C4(C)C)cc2)C1=O. The van der Waals surface area contributed by atoms with Gasteiger partial charge >= 0.3 is 0 Å². The topological polar surface area (TPSA) is 65.1 Å². The lowest BCUT2D eigenvalue weighted by molar-refractivity contribution is -0.421. The van der Waals surface area contributed by atoms with Gasteiger partial charge in [0.2, 0.25) is 0 Å². The fraction of sp³-hybridized carbons (Fsp3) is 0.583. The third kappa shape index (κ3) is 3.72. The minimum absolute atomic E-state index is 0.103. The molecule has 30 heavy (non-hydrogen) atoms. The molecule has 0 spiro atoms. The fourth-order valence-corrected chi connectivity index (χ4v) is 5.36. The van der Waals surface area contributed by atoms with Gasteiger partial charge in [-0.25, -0.2) is 14.7 Å². The number of anilines is 1. The van der Waals surface area contributed by atoms with Gasteiger partial charge < -0.3 is 4.74 Å². The molecule has 3 fully saturated rings. The molecule has 2 bridgehead atoms. The van der Waals surface area contributed by atoms with Crippen molar-refractivity contribution in [3.63, 3.8) is 0 Å². The highest BCUT2D eigenvalue weighted by Gasteiger charge is 2.60. The molecule has 0 radical (unpaired) electrons. The molecule has 162 valence electrons. The number of carbonyl (C=O) groups excluding carboxylic acids is 2. The van der Waals surface area contributed by atoms with Gasteiger partial charge in [0.15, 0.2) is 6.79 Å². The first-order valence-electron chi connectivity index (χ1n) is 10.8. The Morgan fingerprint density at radius 1 is 1.13 bits per heavy atom. The third-order valence-electron chi connectivity index (χ3n) is 7.41. The molecule has 2 amide bonds. The first kappa shape index (κ1) is 21.2. The van der Waals surface area contributed by atoms with Crippen molar-refractivity contribution in [2.24, 2.45) is 17.3 Å². The van der Waals surface area contributed by atoms with E-state index in [-0.39, 0.29) is 24.2 Å². The Kier molecular flexibility index (Phi) is 5.60. The average Bonchev–Trinajstić information content (AvgIpc) is 2.96. The predicted molar refractivity (Wildman–Crippen MR) is 112 cm³/mol. The highest BCUT2D eigenvalue weighted by molar-refractivity contribution is 6.30. The van der Waals surface area contributed by atoms with Crippen molar-refractivity contribution in [2.75, 3.05) is 18.3 Å². The summed E-state index contributed by atoms with van der Waals surface area (Å²) in [4.78, 5) is 36.4. The summed E-state index contributed by atoms with van der Waals surface area (Å²) in [5.74, 6) is 0.804. The van der Waals surface area contributed by atoms with E-state index >= 15 is 0 Å². The van der Waals surface area contributed by atoms with E-state index in [2.05, 4.69) is 20.8 Å². The number of amides is 2. The Labute approximate surface area is 178 Å². The standard InChI is InChI=1S/C24H31NO5/c1-16-13-21(26)25(22(16)27)19-7-5-17(6-8-19)10-12-28-15-29-30-24(4)11-9-18-14-20(24)23(18,2)3/h5-8,13,18,20H,9-12,14-15H2,1-4H3. The van der Waals surface area contributed by atoms with E-state index in [1.807, 2.05) is 12.1 Å². The molecule has 0 aromatic heterocycles. The molecule has 1 aromatic rings. The van der Waals surface area contributed by atoms with Gasteiger partial charge in [0.25, 0.3) is 11.8 Å². The van der Waals surface area contributed by atoms with Crippen LogP contribution in [0, 0.1) is 17.3 Å². The molecule has 1 aromatic carbocycles. The highest BCUT2D eigenvalue weighted by atomic mass is 17.2. The minimum Gasteiger partial charge on any atom is -0.352 e. The van der Waals surface area contributed by atoms with Crippen LogP contribution in [-0.4, -0.2) is 30.8 Å². The molecule has 4 aliphatic rings. The monoisotopic (exact) mass is 413 g/mol. The average molecular weight is 414 g/mol. The Morgan fingerprint density at radius 2 is 1.87 bits per heavy atom. The van der Waals surface area contributed by atoms with Gasteiger partial charge in [-0.05, 0) is 74.5 Å². The van der Waals surface area contributed by atoms with Gasteiger partial charge in [-0.3, -0.25) is 9.59 Å². The normalized spacial score (nSPS) is 29.7. The lowest BCUT2D eigenvalue weighted by atomic mass is 9.44. The molecular weight excluding hydrogens is 382 g/mol. The second kappa shape index (κ2) is 7.91. The Bertz CT molecular complexity index is 857. The lowest BCUT2D eigenvalue weighted by Gasteiger charge is -2.63. The highest BCUT2D eigenvalue weighted by Crippen LogP contribution is 2.63. The van der Waals surface area contributed by atoms with Gasteiger partial charge in [-0.2, -0.15) is 0 Å². The van der Waals surface area contributed by atoms with E-state index in [0.29, 0.717) is 35.6 Å². The zero-order valence-corrected chi connectivity index (χ0v) is 18.3. The quantitative estimate of drug-likeness (QED) is 0.210. The molecule has 6 nitrogen and oxygen atoms in total. The van der Waals surface area contributed by atoms with Crippen molar-refractivity contribution in [1.82, 2.24) is 0 Å². The Hall–Kier alpha value is -2.02. The van der Waals surface area contributed by atoms with E-state index in [1.165, 1.54) is 23.8 Å². The third-order valence-corrected chi connectivity index (χ3v) is 7.41. The number of carbonyl (C=O) groups is 2. The molecule has 3 aliphatic carbocycles. The second-order valence-corrected chi connectivity index (χ2v) is 9.61. The van der Waals surface area contributed by atoms with Crippen molar-refractivity contribution < 1.29 is 24.1 Å². The second-order valence-electron chi connectivity index (χ2n) is 9.61. The number of fused-ring (bicyclic) bond motifs is 2. The first-order chi connectivity index (χ1) is 14.2. The molecule has 0 N–H and O–H groups in total. The summed E-state index contributed by atoms with van der Waals surface area (Å²) < 4.78 is 5.58. The van der Waals surface area contributed by atoms with Gasteiger partial charge in [-0.15, -0.1) is 0 Å². The number of benzene rings is 1. The van der Waals surface area contributed by atoms with Crippen LogP contribution in [0.2, 0.25) is 0 Å². The summed E-state index contributed by atoms with van der Waals surface area (Å²) >= 11 is 0. The molecule has 3 saturated carbocycles. The molecule has 5 rings (SSSR count). The largest absolute Gasteiger partial charge is 0.352 e. The Morgan fingerprint density at radius 3 is 2.47 bits per heavy atom. The molecule has 6 heteroatoms. The van der Waals surface area contributed by atoms with Crippen LogP contribution in [0.4, 0.5) is 5.69 Å². The first-order valence-corrected chi connectivity index (χ1v) is 10.8. The minimum atomic E-state index is -0.293. The molecule has 0 saturated heterocycles. The van der Waals surface area contributed by atoms with E-state index in [9.17, 15) is 9.59 Å². The fourth-order valence-electron chi connectivity index (χ4n) is 5.36. The number of hydrogen-bond acceptors (Lipinski definition) is 5. The van der Waals surface area contributed by atoms with Gasteiger partial charge in [-0.1, -0.05) is 26.0 Å². The van der Waals surface area contributed by atoms with Crippen LogP contribution >= 0.6 is 0 Å². The maximum absolute atomic E-state index is 12.1. The van der Waals surface area contributed by atoms with Crippen LogP contribution in [0.3, 0.4) is 0 Å². The summed E-state index contributed by atoms with van der Waals surface area (Å²) in [6.45, 7) is 9.08. The van der Waals surface area contributed by atoms with Crippen molar-refractivity contribution in [3.05, 3.63) is 41.5 Å². The number of hydrogen-bond donors (Lipinski definition) is 0. The van der Waals surface area contributed by atoms with Crippen LogP contribution in [0.5, 0.6) is 0 Å². The Balaban J connectivity index is 1.18. The number of rotatable bonds is 8. The summed E-state index contributed by atoms with van der Waals surface area (Å²) in [6, 6.07) is 7.38. The van der Waals surface area contributed by atoms with Crippen LogP contribution < -0.4 is 4.90 Å². The molecule has 1 heterocycles. The zero-order chi connectivity index (χ0) is 21.5. The van der Waals surface area contributed by atoms with E-state index < -0.39 is 0 Å². The predicted octanol–water partition coefficient (Wildman–Crippen LogP) is 4.19. The molecule has 3 unspecified atom stereocenters. The van der Waals surface area contributed by atoms with Crippen molar-refractivity contribution >= 4 is 17.5 Å². The molecule has 1 aliphatic heterocycles. The summed E-state index contributed by atoms with van der Waals surface area (Å²) in [5.41, 5.74) is 2.21. The molecular formula is C24H31NO5.